The summed E-state index contributed by atoms with van der Waals surface area (Å²) in [4.78, 5) is 38.9. The number of anilines is 1. The van der Waals surface area contributed by atoms with Gasteiger partial charge in [0.2, 0.25) is 5.91 Å². The number of hydrogen-bond acceptors (Lipinski definition) is 5. The van der Waals surface area contributed by atoms with Crippen LogP contribution in [0.3, 0.4) is 0 Å². The second-order valence-electron chi connectivity index (χ2n) is 6.86. The first-order chi connectivity index (χ1) is 14.9. The average Bonchev–Trinajstić information content (AvgIpc) is 2.80. The summed E-state index contributed by atoms with van der Waals surface area (Å²) in [5.41, 5.74) is 1.03. The highest BCUT2D eigenvalue weighted by Crippen LogP contribution is 2.29. The van der Waals surface area contributed by atoms with E-state index < -0.39 is 6.04 Å². The summed E-state index contributed by atoms with van der Waals surface area (Å²) in [5.74, 6) is -0.180. The number of benzene rings is 2. The quantitative estimate of drug-likeness (QED) is 0.608. The highest BCUT2D eigenvalue weighted by molar-refractivity contribution is 6.01. The third-order valence-electron chi connectivity index (χ3n) is 4.66. The minimum Gasteiger partial charge on any atom is -0.493 e. The Bertz CT molecular complexity index is 901. The molecular weight excluding hydrogens is 398 g/mol. The minimum atomic E-state index is -0.678. The van der Waals surface area contributed by atoms with E-state index in [1.54, 1.807) is 37.3 Å². The molecule has 0 bridgehead atoms. The van der Waals surface area contributed by atoms with Gasteiger partial charge in [0.25, 0.3) is 11.8 Å². The van der Waals surface area contributed by atoms with Gasteiger partial charge in [-0.2, -0.15) is 0 Å². The smallest absolute Gasteiger partial charge is 0.257 e. The van der Waals surface area contributed by atoms with Gasteiger partial charge >= 0.3 is 0 Å². The molecule has 2 aromatic rings. The molecule has 1 unspecified atom stereocenters. The highest BCUT2D eigenvalue weighted by Gasteiger charge is 2.27. The van der Waals surface area contributed by atoms with E-state index in [1.807, 2.05) is 25.1 Å². The minimum absolute atomic E-state index is 0.168. The molecule has 8 nitrogen and oxygen atoms in total. The fraction of sp³-hybridized carbons (Fsp3) is 0.348. The predicted octanol–water partition coefficient (Wildman–Crippen LogP) is 2.70. The Hall–Kier alpha value is -3.55. The van der Waals surface area contributed by atoms with E-state index in [-0.39, 0.29) is 24.3 Å². The van der Waals surface area contributed by atoms with E-state index >= 15 is 0 Å². The van der Waals surface area contributed by atoms with E-state index in [0.717, 1.165) is 0 Å². The zero-order valence-electron chi connectivity index (χ0n) is 18.3. The lowest BCUT2D eigenvalue weighted by atomic mass is 10.1. The molecule has 0 aliphatic carbocycles. The number of hydrogen-bond donors (Lipinski definition) is 2. The van der Waals surface area contributed by atoms with Gasteiger partial charge in [0.1, 0.15) is 6.04 Å². The van der Waals surface area contributed by atoms with Crippen molar-refractivity contribution in [3.63, 3.8) is 0 Å². The van der Waals surface area contributed by atoms with Gasteiger partial charge in [-0.25, -0.2) is 0 Å². The Kier molecular flexibility index (Phi) is 8.87. The first-order valence-electron chi connectivity index (χ1n) is 10.1. The summed E-state index contributed by atoms with van der Waals surface area (Å²) < 4.78 is 10.8. The molecule has 166 valence electrons. The summed E-state index contributed by atoms with van der Waals surface area (Å²) in [6, 6.07) is 13.1. The predicted molar refractivity (Wildman–Crippen MR) is 118 cm³/mol. The number of amides is 3. The van der Waals surface area contributed by atoms with Crippen LogP contribution in [-0.2, 0) is 9.59 Å². The van der Waals surface area contributed by atoms with Crippen LogP contribution in [0.5, 0.6) is 11.5 Å². The molecule has 2 N–H and O–H groups in total. The number of para-hydroxylation sites is 1. The number of ether oxygens (including phenoxy) is 2. The molecule has 0 saturated carbocycles. The molecule has 0 aliphatic heterocycles. The summed E-state index contributed by atoms with van der Waals surface area (Å²) in [6.07, 6.45) is 0.694. The van der Waals surface area contributed by atoms with Crippen molar-refractivity contribution in [1.29, 1.82) is 0 Å². The molecular formula is C23H29N3O5. The molecule has 3 amide bonds. The molecule has 31 heavy (non-hydrogen) atoms. The topological polar surface area (TPSA) is 97.0 Å². The summed E-state index contributed by atoms with van der Waals surface area (Å²) in [6.45, 7) is 3.89. The third-order valence-corrected chi connectivity index (χ3v) is 4.66. The maximum absolute atomic E-state index is 13.2. The monoisotopic (exact) mass is 427 g/mol. The van der Waals surface area contributed by atoms with Crippen molar-refractivity contribution in [3.05, 3.63) is 54.1 Å². The zero-order chi connectivity index (χ0) is 22.8. The molecule has 0 aromatic heterocycles. The van der Waals surface area contributed by atoms with E-state index in [4.69, 9.17) is 9.47 Å². The molecule has 0 aliphatic rings. The highest BCUT2D eigenvalue weighted by atomic mass is 16.5. The van der Waals surface area contributed by atoms with Crippen molar-refractivity contribution in [2.45, 2.75) is 26.3 Å². The maximum atomic E-state index is 13.2. The van der Waals surface area contributed by atoms with Crippen molar-refractivity contribution in [3.8, 4) is 11.5 Å². The van der Waals surface area contributed by atoms with E-state index in [9.17, 15) is 14.4 Å². The largest absolute Gasteiger partial charge is 0.493 e. The van der Waals surface area contributed by atoms with Crippen LogP contribution in [0.4, 0.5) is 5.69 Å². The average molecular weight is 428 g/mol. The molecule has 0 spiro atoms. The van der Waals surface area contributed by atoms with Crippen LogP contribution in [0.1, 0.15) is 30.6 Å². The standard InChI is InChI=1S/C23H29N3O5/c1-5-13-26(16(2)22(28)25-18-9-7-6-8-10-18)23(29)17-11-12-19(20(14-17)30-4)31-15-21(27)24-3/h6-12,14,16H,5,13,15H2,1-4H3,(H,24,27)(H,25,28). The van der Waals surface area contributed by atoms with E-state index in [1.165, 1.54) is 19.1 Å². The molecule has 1 atom stereocenters. The molecule has 2 rings (SSSR count). The first-order valence-corrected chi connectivity index (χ1v) is 10.1. The summed E-state index contributed by atoms with van der Waals surface area (Å²) in [5, 5.41) is 5.30. The Balaban J connectivity index is 2.19. The Morgan fingerprint density at radius 1 is 1.06 bits per heavy atom. The van der Waals surface area contributed by atoms with Crippen LogP contribution in [0.15, 0.2) is 48.5 Å². The molecule has 8 heteroatoms. The van der Waals surface area contributed by atoms with Crippen molar-refractivity contribution in [1.82, 2.24) is 10.2 Å². The van der Waals surface area contributed by atoms with Gasteiger partial charge in [-0.1, -0.05) is 25.1 Å². The van der Waals surface area contributed by atoms with Crippen molar-refractivity contribution >= 4 is 23.4 Å². The van der Waals surface area contributed by atoms with Crippen LogP contribution in [0.2, 0.25) is 0 Å². The van der Waals surface area contributed by atoms with Crippen molar-refractivity contribution in [2.75, 3.05) is 32.6 Å². The van der Waals surface area contributed by atoms with Crippen LogP contribution < -0.4 is 20.1 Å². The number of likely N-dealkylation sites (N-methyl/N-ethyl adjacent to an activating group) is 1. The number of methoxy groups -OCH3 is 1. The van der Waals surface area contributed by atoms with E-state index in [0.29, 0.717) is 35.7 Å². The van der Waals surface area contributed by atoms with Gasteiger partial charge in [0, 0.05) is 24.8 Å². The van der Waals surface area contributed by atoms with E-state index in [2.05, 4.69) is 10.6 Å². The lowest BCUT2D eigenvalue weighted by molar-refractivity contribution is -0.122. The maximum Gasteiger partial charge on any atom is 0.257 e. The lowest BCUT2D eigenvalue weighted by Gasteiger charge is -2.28. The number of carbonyl (C=O) groups is 3. The Morgan fingerprint density at radius 2 is 1.77 bits per heavy atom. The molecule has 0 fully saturated rings. The second kappa shape index (κ2) is 11.6. The molecule has 0 radical (unpaired) electrons. The van der Waals surface area contributed by atoms with Crippen LogP contribution in [-0.4, -0.2) is 56.0 Å². The summed E-state index contributed by atoms with van der Waals surface area (Å²) >= 11 is 0. The van der Waals surface area contributed by atoms with Crippen LogP contribution in [0.25, 0.3) is 0 Å². The molecule has 0 heterocycles. The number of nitrogens with one attached hydrogen (secondary N) is 2. The van der Waals surface area contributed by atoms with Crippen LogP contribution >= 0.6 is 0 Å². The van der Waals surface area contributed by atoms with Gasteiger partial charge in [0.05, 0.1) is 7.11 Å². The van der Waals surface area contributed by atoms with Crippen molar-refractivity contribution < 1.29 is 23.9 Å². The Morgan fingerprint density at radius 3 is 2.39 bits per heavy atom. The number of rotatable bonds is 10. The second-order valence-corrected chi connectivity index (χ2v) is 6.86. The normalized spacial score (nSPS) is 11.2. The summed E-state index contributed by atoms with van der Waals surface area (Å²) in [7, 11) is 2.97. The van der Waals surface area contributed by atoms with Gasteiger partial charge in [-0.05, 0) is 43.7 Å². The lowest BCUT2D eigenvalue weighted by Crippen LogP contribution is -2.46. The number of nitrogens with zero attached hydrogens (tertiary/aromatic N) is 1. The van der Waals surface area contributed by atoms with Crippen molar-refractivity contribution in [2.24, 2.45) is 0 Å². The number of carbonyl (C=O) groups excluding carboxylic acids is 3. The first kappa shape index (κ1) is 23.7. The van der Waals surface area contributed by atoms with Gasteiger partial charge < -0.3 is 25.0 Å². The third kappa shape index (κ3) is 6.47. The molecule has 0 saturated heterocycles. The van der Waals surface area contributed by atoms with Crippen LogP contribution in [0, 0.1) is 0 Å². The Labute approximate surface area is 182 Å². The van der Waals surface area contributed by atoms with Gasteiger partial charge in [0.15, 0.2) is 18.1 Å². The molecule has 2 aromatic carbocycles. The fourth-order valence-corrected chi connectivity index (χ4v) is 2.92. The SMILES string of the molecule is CCCN(C(=O)c1ccc(OCC(=O)NC)c(OC)c1)C(C)C(=O)Nc1ccccc1. The fourth-order valence-electron chi connectivity index (χ4n) is 2.92. The zero-order valence-corrected chi connectivity index (χ0v) is 18.3. The van der Waals surface area contributed by atoms with Gasteiger partial charge in [-0.3, -0.25) is 14.4 Å². The van der Waals surface area contributed by atoms with Gasteiger partial charge in [-0.15, -0.1) is 0 Å².